The molecule has 0 aromatic heterocycles. The zero-order chi connectivity index (χ0) is 13.7. The average Bonchev–Trinajstić information content (AvgIpc) is 2.41. The normalized spacial score (nSPS) is 19.3. The zero-order valence-electron chi connectivity index (χ0n) is 11.4. The Hall–Kier alpha value is -1.39. The highest BCUT2D eigenvalue weighted by Gasteiger charge is 2.13. The van der Waals surface area contributed by atoms with Crippen LogP contribution < -0.4 is 5.73 Å². The highest BCUT2D eigenvalue weighted by atomic mass is 16.5. The first-order chi connectivity index (χ1) is 9.16. The minimum atomic E-state index is 0.103. The molecule has 104 valence electrons. The molecule has 1 aromatic carbocycles. The standard InChI is InChI=1S/C15H22N2O2/c1-11-8-12(15(16)17)5-6-13(11)9-18-10-14-4-2-3-7-19-14/h5-6,8,14H,2-4,7,9-10H2,1H3,(H3,16,17). The summed E-state index contributed by atoms with van der Waals surface area (Å²) in [6, 6.07) is 5.77. The molecule has 3 N–H and O–H groups in total. The van der Waals surface area contributed by atoms with Crippen molar-refractivity contribution in [3.8, 4) is 0 Å². The number of hydrogen-bond acceptors (Lipinski definition) is 3. The Morgan fingerprint density at radius 2 is 2.32 bits per heavy atom. The van der Waals surface area contributed by atoms with Crippen molar-refractivity contribution in [2.75, 3.05) is 13.2 Å². The molecular weight excluding hydrogens is 240 g/mol. The Balaban J connectivity index is 1.83. The van der Waals surface area contributed by atoms with E-state index in [1.165, 1.54) is 12.8 Å². The number of rotatable bonds is 5. The lowest BCUT2D eigenvalue weighted by Crippen LogP contribution is -2.24. The molecule has 0 aliphatic carbocycles. The first-order valence-corrected chi connectivity index (χ1v) is 6.80. The summed E-state index contributed by atoms with van der Waals surface area (Å²) < 4.78 is 11.4. The molecule has 1 heterocycles. The summed E-state index contributed by atoms with van der Waals surface area (Å²) in [4.78, 5) is 0. The Bertz CT molecular complexity index is 440. The Morgan fingerprint density at radius 1 is 1.47 bits per heavy atom. The van der Waals surface area contributed by atoms with Crippen LogP contribution in [-0.4, -0.2) is 25.2 Å². The van der Waals surface area contributed by atoms with E-state index in [-0.39, 0.29) is 11.9 Å². The van der Waals surface area contributed by atoms with Gasteiger partial charge in [-0.2, -0.15) is 0 Å². The van der Waals surface area contributed by atoms with Crippen LogP contribution in [0, 0.1) is 12.3 Å². The lowest BCUT2D eigenvalue weighted by molar-refractivity contribution is -0.0448. The van der Waals surface area contributed by atoms with Crippen LogP contribution in [0.15, 0.2) is 18.2 Å². The molecule has 0 spiro atoms. The smallest absolute Gasteiger partial charge is 0.122 e. The van der Waals surface area contributed by atoms with Crippen LogP contribution in [0.4, 0.5) is 0 Å². The molecular formula is C15H22N2O2. The van der Waals surface area contributed by atoms with Gasteiger partial charge < -0.3 is 15.2 Å². The predicted octanol–water partition coefficient (Wildman–Crippen LogP) is 2.36. The molecule has 1 unspecified atom stereocenters. The van der Waals surface area contributed by atoms with Crippen LogP contribution >= 0.6 is 0 Å². The molecule has 4 nitrogen and oxygen atoms in total. The van der Waals surface area contributed by atoms with E-state index in [0.717, 1.165) is 29.7 Å². The van der Waals surface area contributed by atoms with Gasteiger partial charge in [0.05, 0.1) is 19.3 Å². The van der Waals surface area contributed by atoms with Gasteiger partial charge in [-0.1, -0.05) is 12.1 Å². The van der Waals surface area contributed by atoms with Crippen LogP contribution in [0.5, 0.6) is 0 Å². The quantitative estimate of drug-likeness (QED) is 0.632. The number of aryl methyl sites for hydroxylation is 1. The van der Waals surface area contributed by atoms with Gasteiger partial charge in [-0.3, -0.25) is 5.41 Å². The minimum absolute atomic E-state index is 0.103. The molecule has 0 bridgehead atoms. The molecule has 0 saturated carbocycles. The van der Waals surface area contributed by atoms with Gasteiger partial charge in [-0.05, 0) is 43.4 Å². The van der Waals surface area contributed by atoms with Crippen molar-refractivity contribution in [2.45, 2.75) is 38.9 Å². The average molecular weight is 262 g/mol. The summed E-state index contributed by atoms with van der Waals surface area (Å²) in [5, 5.41) is 7.40. The maximum absolute atomic E-state index is 7.40. The number of benzene rings is 1. The first kappa shape index (κ1) is 14.0. The SMILES string of the molecule is Cc1cc(C(=N)N)ccc1COCC1CCCCO1. The van der Waals surface area contributed by atoms with Crippen LogP contribution in [0.1, 0.15) is 36.0 Å². The fraction of sp³-hybridized carbons (Fsp3) is 0.533. The van der Waals surface area contributed by atoms with Crippen LogP contribution in [-0.2, 0) is 16.1 Å². The van der Waals surface area contributed by atoms with Gasteiger partial charge in [-0.15, -0.1) is 0 Å². The van der Waals surface area contributed by atoms with E-state index in [9.17, 15) is 0 Å². The van der Waals surface area contributed by atoms with Crippen molar-refractivity contribution in [1.29, 1.82) is 5.41 Å². The Labute approximate surface area is 114 Å². The number of nitrogens with one attached hydrogen (secondary N) is 1. The summed E-state index contributed by atoms with van der Waals surface area (Å²) in [5.41, 5.74) is 8.48. The molecule has 1 saturated heterocycles. The number of hydrogen-bond donors (Lipinski definition) is 2. The molecule has 1 atom stereocenters. The van der Waals surface area contributed by atoms with Crippen molar-refractivity contribution in [3.63, 3.8) is 0 Å². The second-order valence-corrected chi connectivity index (χ2v) is 5.06. The predicted molar refractivity (Wildman–Crippen MR) is 75.4 cm³/mol. The van der Waals surface area contributed by atoms with Gasteiger partial charge in [0.2, 0.25) is 0 Å². The van der Waals surface area contributed by atoms with Crippen molar-refractivity contribution in [3.05, 3.63) is 34.9 Å². The molecule has 4 heteroatoms. The maximum Gasteiger partial charge on any atom is 0.122 e. The molecule has 0 amide bonds. The second-order valence-electron chi connectivity index (χ2n) is 5.06. The van der Waals surface area contributed by atoms with E-state index in [1.54, 1.807) is 0 Å². The van der Waals surface area contributed by atoms with E-state index in [2.05, 4.69) is 0 Å². The summed E-state index contributed by atoms with van der Waals surface area (Å²) in [6.07, 6.45) is 3.76. The topological polar surface area (TPSA) is 68.3 Å². The molecule has 1 fully saturated rings. The third kappa shape index (κ3) is 4.04. The summed E-state index contributed by atoms with van der Waals surface area (Å²) in [5.74, 6) is 0.103. The minimum Gasteiger partial charge on any atom is -0.384 e. The zero-order valence-corrected chi connectivity index (χ0v) is 11.4. The van der Waals surface area contributed by atoms with E-state index in [0.29, 0.717) is 13.2 Å². The first-order valence-electron chi connectivity index (χ1n) is 6.80. The van der Waals surface area contributed by atoms with Gasteiger partial charge in [0.15, 0.2) is 0 Å². The lowest BCUT2D eigenvalue weighted by atomic mass is 10.1. The number of ether oxygens (including phenoxy) is 2. The van der Waals surface area contributed by atoms with Crippen molar-refractivity contribution >= 4 is 5.84 Å². The number of nitrogens with two attached hydrogens (primary N) is 1. The summed E-state index contributed by atoms with van der Waals surface area (Å²) in [6.45, 7) is 4.13. The maximum atomic E-state index is 7.40. The van der Waals surface area contributed by atoms with Crippen molar-refractivity contribution in [1.82, 2.24) is 0 Å². The monoisotopic (exact) mass is 262 g/mol. The molecule has 0 radical (unpaired) electrons. The molecule has 2 rings (SSSR count). The summed E-state index contributed by atoms with van der Waals surface area (Å²) >= 11 is 0. The van der Waals surface area contributed by atoms with Crippen LogP contribution in [0.2, 0.25) is 0 Å². The Morgan fingerprint density at radius 3 is 2.95 bits per heavy atom. The third-order valence-corrected chi connectivity index (χ3v) is 3.49. The van der Waals surface area contributed by atoms with Crippen molar-refractivity contribution < 1.29 is 9.47 Å². The van der Waals surface area contributed by atoms with Crippen LogP contribution in [0.25, 0.3) is 0 Å². The van der Waals surface area contributed by atoms with Crippen molar-refractivity contribution in [2.24, 2.45) is 5.73 Å². The molecule has 19 heavy (non-hydrogen) atoms. The van der Waals surface area contributed by atoms with Gasteiger partial charge in [0.25, 0.3) is 0 Å². The molecule has 1 aromatic rings. The van der Waals surface area contributed by atoms with Gasteiger partial charge in [-0.25, -0.2) is 0 Å². The van der Waals surface area contributed by atoms with E-state index in [4.69, 9.17) is 20.6 Å². The number of nitrogen functional groups attached to an aromatic ring is 1. The Kier molecular flexibility index (Phi) is 4.93. The molecule has 1 aliphatic rings. The van der Waals surface area contributed by atoms with E-state index in [1.807, 2.05) is 25.1 Å². The van der Waals surface area contributed by atoms with Crippen LogP contribution in [0.3, 0.4) is 0 Å². The molecule has 1 aliphatic heterocycles. The second kappa shape index (κ2) is 6.68. The van der Waals surface area contributed by atoms with Gasteiger partial charge in [0.1, 0.15) is 5.84 Å². The number of amidine groups is 1. The van der Waals surface area contributed by atoms with Gasteiger partial charge in [0, 0.05) is 12.2 Å². The highest BCUT2D eigenvalue weighted by molar-refractivity contribution is 5.95. The fourth-order valence-corrected chi connectivity index (χ4v) is 2.26. The largest absolute Gasteiger partial charge is 0.384 e. The van der Waals surface area contributed by atoms with Gasteiger partial charge >= 0.3 is 0 Å². The van der Waals surface area contributed by atoms with E-state index < -0.39 is 0 Å². The highest BCUT2D eigenvalue weighted by Crippen LogP contribution is 2.15. The lowest BCUT2D eigenvalue weighted by Gasteiger charge is -2.22. The third-order valence-electron chi connectivity index (χ3n) is 3.49. The van der Waals surface area contributed by atoms with E-state index >= 15 is 0 Å². The summed E-state index contributed by atoms with van der Waals surface area (Å²) in [7, 11) is 0. The fourth-order valence-electron chi connectivity index (χ4n) is 2.26.